The Morgan fingerprint density at radius 2 is 2.31 bits per heavy atom. The van der Waals surface area contributed by atoms with E-state index in [1.54, 1.807) is 31.3 Å². The second-order valence-corrected chi connectivity index (χ2v) is 3.30. The number of carboxylic acids is 1. The Bertz CT molecular complexity index is 354. The maximum Gasteiger partial charge on any atom is 0.324 e. The smallest absolute Gasteiger partial charge is 0.324 e. The molecule has 3 N–H and O–H groups in total. The van der Waals surface area contributed by atoms with Crippen LogP contribution in [-0.2, 0) is 11.4 Å². The zero-order valence-electron chi connectivity index (χ0n) is 9.01. The lowest BCUT2D eigenvalue weighted by atomic mass is 10.2. The Labute approximate surface area is 93.7 Å². The van der Waals surface area contributed by atoms with Crippen LogP contribution in [-0.4, -0.2) is 35.9 Å². The first-order chi connectivity index (χ1) is 7.67. The van der Waals surface area contributed by atoms with Gasteiger partial charge in [-0.1, -0.05) is 12.1 Å². The van der Waals surface area contributed by atoms with Crippen molar-refractivity contribution in [1.29, 1.82) is 0 Å². The van der Waals surface area contributed by atoms with Gasteiger partial charge in [-0.15, -0.1) is 0 Å². The molecule has 5 heteroatoms. The number of carboxylic acid groups (broad SMARTS) is 1. The summed E-state index contributed by atoms with van der Waals surface area (Å²) in [4.78, 5) is 10.7. The highest BCUT2D eigenvalue weighted by Gasteiger charge is 2.15. The minimum Gasteiger partial charge on any atom is -0.491 e. The molecule has 0 radical (unpaired) electrons. The number of ether oxygens (including phenoxy) is 1. The van der Waals surface area contributed by atoms with Crippen molar-refractivity contribution in [2.75, 3.05) is 13.7 Å². The molecule has 0 spiro atoms. The van der Waals surface area contributed by atoms with Crippen LogP contribution >= 0.6 is 0 Å². The summed E-state index contributed by atoms with van der Waals surface area (Å²) >= 11 is 0. The molecular formula is C11H15NO4. The first-order valence-electron chi connectivity index (χ1n) is 4.90. The van der Waals surface area contributed by atoms with E-state index >= 15 is 0 Å². The molecule has 16 heavy (non-hydrogen) atoms. The Hall–Kier alpha value is -1.59. The number of nitrogens with one attached hydrogen (secondary N) is 1. The number of aliphatic carboxylic acids is 1. The van der Waals surface area contributed by atoms with Gasteiger partial charge in [0, 0.05) is 0 Å². The Morgan fingerprint density at radius 1 is 1.56 bits per heavy atom. The molecule has 5 nitrogen and oxygen atoms in total. The van der Waals surface area contributed by atoms with Crippen molar-refractivity contribution >= 4 is 5.97 Å². The van der Waals surface area contributed by atoms with Crippen molar-refractivity contribution in [3.05, 3.63) is 29.8 Å². The molecule has 0 aliphatic rings. The van der Waals surface area contributed by atoms with E-state index in [1.165, 1.54) is 0 Å². The predicted octanol–water partition coefficient (Wildman–Crippen LogP) is 0.230. The molecule has 88 valence electrons. The van der Waals surface area contributed by atoms with Gasteiger partial charge in [-0.3, -0.25) is 4.79 Å². The standard InChI is InChI=1S/C11H15NO4/c1-12-10(11(14)15)7-16-9-4-2-3-8(5-9)6-13/h2-5,10,12-13H,6-7H2,1H3,(H,14,15). The molecule has 1 aromatic carbocycles. The fourth-order valence-electron chi connectivity index (χ4n) is 1.19. The number of aliphatic hydroxyl groups excluding tert-OH is 1. The molecule has 0 fully saturated rings. The van der Waals surface area contributed by atoms with Gasteiger partial charge in [0.05, 0.1) is 6.61 Å². The molecule has 1 unspecified atom stereocenters. The van der Waals surface area contributed by atoms with Crippen LogP contribution in [0.3, 0.4) is 0 Å². The monoisotopic (exact) mass is 225 g/mol. The highest BCUT2D eigenvalue weighted by atomic mass is 16.5. The van der Waals surface area contributed by atoms with Crippen LogP contribution in [0.15, 0.2) is 24.3 Å². The lowest BCUT2D eigenvalue weighted by Gasteiger charge is -2.13. The Morgan fingerprint density at radius 3 is 2.88 bits per heavy atom. The number of hydrogen-bond acceptors (Lipinski definition) is 4. The summed E-state index contributed by atoms with van der Waals surface area (Å²) in [6.45, 7) is -0.0215. The highest BCUT2D eigenvalue weighted by Crippen LogP contribution is 2.13. The van der Waals surface area contributed by atoms with E-state index in [0.29, 0.717) is 5.75 Å². The maximum absolute atomic E-state index is 10.7. The zero-order valence-corrected chi connectivity index (χ0v) is 9.01. The molecule has 0 amide bonds. The van der Waals surface area contributed by atoms with Gasteiger partial charge in [-0.05, 0) is 24.7 Å². The van der Waals surface area contributed by atoms with Crippen LogP contribution in [0.1, 0.15) is 5.56 Å². The second-order valence-electron chi connectivity index (χ2n) is 3.30. The van der Waals surface area contributed by atoms with Crippen LogP contribution in [0.25, 0.3) is 0 Å². The van der Waals surface area contributed by atoms with E-state index in [2.05, 4.69) is 5.32 Å². The molecule has 0 saturated heterocycles. The third-order valence-corrected chi connectivity index (χ3v) is 2.14. The summed E-state index contributed by atoms with van der Waals surface area (Å²) in [5.41, 5.74) is 0.730. The lowest BCUT2D eigenvalue weighted by molar-refractivity contribution is -0.140. The molecular weight excluding hydrogens is 210 g/mol. The highest BCUT2D eigenvalue weighted by molar-refractivity contribution is 5.73. The van der Waals surface area contributed by atoms with Gasteiger partial charge in [0.25, 0.3) is 0 Å². The largest absolute Gasteiger partial charge is 0.491 e. The number of benzene rings is 1. The zero-order chi connectivity index (χ0) is 12.0. The predicted molar refractivity (Wildman–Crippen MR) is 58.3 cm³/mol. The molecule has 0 bridgehead atoms. The van der Waals surface area contributed by atoms with Crippen molar-refractivity contribution in [2.24, 2.45) is 0 Å². The van der Waals surface area contributed by atoms with E-state index in [1.807, 2.05) is 0 Å². The van der Waals surface area contributed by atoms with Crippen molar-refractivity contribution in [3.63, 3.8) is 0 Å². The minimum absolute atomic E-state index is 0.0424. The third-order valence-electron chi connectivity index (χ3n) is 2.14. The summed E-state index contributed by atoms with van der Waals surface area (Å²) in [6, 6.07) is 6.16. The van der Waals surface area contributed by atoms with Crippen LogP contribution < -0.4 is 10.1 Å². The SMILES string of the molecule is CNC(COc1cccc(CO)c1)C(=O)O. The molecule has 0 aromatic heterocycles. The molecule has 0 aliphatic heterocycles. The average Bonchev–Trinajstić information content (AvgIpc) is 2.29. The molecule has 0 heterocycles. The quantitative estimate of drug-likeness (QED) is 0.646. The first kappa shape index (κ1) is 12.5. The molecule has 1 aromatic rings. The second kappa shape index (κ2) is 6.09. The van der Waals surface area contributed by atoms with Gasteiger partial charge in [0.1, 0.15) is 18.4 Å². The van der Waals surface area contributed by atoms with Crippen molar-refractivity contribution in [3.8, 4) is 5.75 Å². The summed E-state index contributed by atoms with van der Waals surface area (Å²) in [6.07, 6.45) is 0. The fourth-order valence-corrected chi connectivity index (χ4v) is 1.19. The third kappa shape index (κ3) is 3.52. The number of carbonyl (C=O) groups is 1. The number of hydrogen-bond donors (Lipinski definition) is 3. The lowest BCUT2D eigenvalue weighted by Crippen LogP contribution is -2.39. The van der Waals surface area contributed by atoms with Crippen LogP contribution in [0, 0.1) is 0 Å². The normalized spacial score (nSPS) is 12.1. The van der Waals surface area contributed by atoms with Crippen LogP contribution in [0.5, 0.6) is 5.75 Å². The minimum atomic E-state index is -0.958. The van der Waals surface area contributed by atoms with Crippen molar-refractivity contribution in [1.82, 2.24) is 5.32 Å². The van der Waals surface area contributed by atoms with E-state index < -0.39 is 12.0 Å². The van der Waals surface area contributed by atoms with Gasteiger partial charge in [0.15, 0.2) is 0 Å². The Balaban J connectivity index is 2.56. The van der Waals surface area contributed by atoms with Gasteiger partial charge >= 0.3 is 5.97 Å². The van der Waals surface area contributed by atoms with Gasteiger partial charge in [0.2, 0.25) is 0 Å². The van der Waals surface area contributed by atoms with Gasteiger partial charge in [-0.25, -0.2) is 0 Å². The number of aliphatic hydroxyl groups is 1. The molecule has 0 saturated carbocycles. The van der Waals surface area contributed by atoms with Crippen LogP contribution in [0.2, 0.25) is 0 Å². The fraction of sp³-hybridized carbons (Fsp3) is 0.364. The summed E-state index contributed by atoms with van der Waals surface area (Å²) < 4.78 is 5.31. The molecule has 0 aliphatic carbocycles. The van der Waals surface area contributed by atoms with E-state index in [0.717, 1.165) is 5.56 Å². The Kier molecular flexibility index (Phi) is 4.75. The van der Waals surface area contributed by atoms with E-state index in [-0.39, 0.29) is 13.2 Å². The maximum atomic E-state index is 10.7. The van der Waals surface area contributed by atoms with Crippen molar-refractivity contribution in [2.45, 2.75) is 12.6 Å². The summed E-state index contributed by atoms with van der Waals surface area (Å²) in [5.74, 6) is -0.408. The molecule has 1 atom stereocenters. The van der Waals surface area contributed by atoms with Crippen molar-refractivity contribution < 1.29 is 19.7 Å². The number of rotatable bonds is 6. The van der Waals surface area contributed by atoms with Crippen LogP contribution in [0.4, 0.5) is 0 Å². The van der Waals surface area contributed by atoms with Gasteiger partial charge in [-0.2, -0.15) is 0 Å². The average molecular weight is 225 g/mol. The van der Waals surface area contributed by atoms with E-state index in [4.69, 9.17) is 14.9 Å². The topological polar surface area (TPSA) is 78.8 Å². The first-order valence-corrected chi connectivity index (χ1v) is 4.90. The van der Waals surface area contributed by atoms with E-state index in [9.17, 15) is 4.79 Å². The number of likely N-dealkylation sites (N-methyl/N-ethyl adjacent to an activating group) is 1. The summed E-state index contributed by atoms with van der Waals surface area (Å²) in [5, 5.41) is 20.3. The van der Waals surface area contributed by atoms with Gasteiger partial charge < -0.3 is 20.3 Å². The molecule has 1 rings (SSSR count). The summed E-state index contributed by atoms with van der Waals surface area (Å²) in [7, 11) is 1.56.